The zero-order valence-corrected chi connectivity index (χ0v) is 16.5. The van der Waals surface area contributed by atoms with Gasteiger partial charge in [-0.1, -0.05) is 36.9 Å². The maximum Gasteiger partial charge on any atom is 0.223 e. The molecule has 27 heavy (non-hydrogen) atoms. The fraction of sp³-hybridized carbons (Fsp3) is 0.227. The van der Waals surface area contributed by atoms with Crippen LogP contribution in [-0.4, -0.2) is 9.97 Å². The summed E-state index contributed by atoms with van der Waals surface area (Å²) in [7, 11) is 0. The van der Waals surface area contributed by atoms with Crippen LogP contribution in [0.4, 0.5) is 0 Å². The van der Waals surface area contributed by atoms with Gasteiger partial charge in [0.15, 0.2) is 5.16 Å². The third kappa shape index (κ3) is 5.08. The van der Waals surface area contributed by atoms with E-state index in [2.05, 4.69) is 36.8 Å². The molecule has 0 N–H and O–H groups in total. The average Bonchev–Trinajstić information content (AvgIpc) is 2.69. The number of thioether (sulfide) groups is 1. The highest BCUT2D eigenvalue weighted by Crippen LogP contribution is 2.26. The topological polar surface area (TPSA) is 58.8 Å². The van der Waals surface area contributed by atoms with E-state index in [-0.39, 0.29) is 0 Å². The third-order valence-corrected chi connectivity index (χ3v) is 5.14. The van der Waals surface area contributed by atoms with E-state index in [1.165, 1.54) is 11.1 Å². The van der Waals surface area contributed by atoms with E-state index < -0.39 is 0 Å². The lowest BCUT2D eigenvalue weighted by Gasteiger charge is -2.10. The summed E-state index contributed by atoms with van der Waals surface area (Å²) in [5.74, 6) is 2.03. The van der Waals surface area contributed by atoms with Gasteiger partial charge < -0.3 is 4.74 Å². The van der Waals surface area contributed by atoms with Gasteiger partial charge in [-0.25, -0.2) is 4.98 Å². The first-order valence-corrected chi connectivity index (χ1v) is 9.81. The fourth-order valence-corrected chi connectivity index (χ4v) is 3.34. The molecule has 0 aliphatic carbocycles. The van der Waals surface area contributed by atoms with Crippen molar-refractivity contribution < 1.29 is 4.74 Å². The Balaban J connectivity index is 1.78. The second kappa shape index (κ2) is 8.70. The Morgan fingerprint density at radius 3 is 2.63 bits per heavy atom. The molecule has 0 saturated heterocycles. The van der Waals surface area contributed by atoms with Crippen LogP contribution in [0.2, 0.25) is 0 Å². The minimum Gasteiger partial charge on any atom is -0.439 e. The van der Waals surface area contributed by atoms with E-state index in [1.807, 2.05) is 42.5 Å². The molecule has 0 bridgehead atoms. The van der Waals surface area contributed by atoms with Gasteiger partial charge in [-0.05, 0) is 61.2 Å². The van der Waals surface area contributed by atoms with Crippen molar-refractivity contribution >= 4 is 11.8 Å². The Labute approximate surface area is 164 Å². The summed E-state index contributed by atoms with van der Waals surface area (Å²) in [5.41, 5.74) is 5.09. The summed E-state index contributed by atoms with van der Waals surface area (Å²) in [4.78, 5) is 9.14. The minimum absolute atomic E-state index is 0.554. The van der Waals surface area contributed by atoms with Crippen LogP contribution in [0.5, 0.6) is 11.6 Å². The number of aryl methyl sites for hydroxylation is 3. The summed E-state index contributed by atoms with van der Waals surface area (Å²) >= 11 is 1.54. The van der Waals surface area contributed by atoms with Gasteiger partial charge in [0.05, 0.1) is 11.6 Å². The first-order chi connectivity index (χ1) is 13.1. The van der Waals surface area contributed by atoms with Gasteiger partial charge in [0.1, 0.15) is 5.75 Å². The van der Waals surface area contributed by atoms with Crippen molar-refractivity contribution in [3.63, 3.8) is 0 Å². The van der Waals surface area contributed by atoms with Crippen LogP contribution in [0.3, 0.4) is 0 Å². The zero-order chi connectivity index (χ0) is 19.2. The van der Waals surface area contributed by atoms with Gasteiger partial charge in [0.25, 0.3) is 0 Å². The van der Waals surface area contributed by atoms with E-state index in [0.29, 0.717) is 22.4 Å². The molecule has 4 nitrogen and oxygen atoms in total. The van der Waals surface area contributed by atoms with Gasteiger partial charge in [-0.15, -0.1) is 0 Å². The second-order valence-corrected chi connectivity index (χ2v) is 7.23. The molecule has 3 aromatic rings. The van der Waals surface area contributed by atoms with Crippen molar-refractivity contribution in [2.24, 2.45) is 0 Å². The van der Waals surface area contributed by atoms with Gasteiger partial charge >= 0.3 is 0 Å². The number of benzene rings is 2. The van der Waals surface area contributed by atoms with Crippen molar-refractivity contribution in [3.05, 3.63) is 76.5 Å². The fourth-order valence-electron chi connectivity index (χ4n) is 2.52. The Morgan fingerprint density at radius 1 is 1.04 bits per heavy atom. The molecule has 0 unspecified atom stereocenters. The summed E-state index contributed by atoms with van der Waals surface area (Å²) in [6.07, 6.45) is 0.809. The highest BCUT2D eigenvalue weighted by Gasteiger charge is 2.08. The van der Waals surface area contributed by atoms with Crippen LogP contribution >= 0.6 is 11.8 Å². The second-order valence-electron chi connectivity index (χ2n) is 6.28. The van der Waals surface area contributed by atoms with Crippen LogP contribution in [-0.2, 0) is 12.2 Å². The number of aromatic nitrogens is 2. The van der Waals surface area contributed by atoms with Crippen molar-refractivity contribution in [1.29, 1.82) is 5.26 Å². The summed E-state index contributed by atoms with van der Waals surface area (Å²) in [6.45, 7) is 6.21. The molecular formula is C22H21N3OS. The quantitative estimate of drug-likeness (QED) is 0.414. The van der Waals surface area contributed by atoms with Crippen LogP contribution in [0.25, 0.3) is 0 Å². The van der Waals surface area contributed by atoms with E-state index in [9.17, 15) is 0 Å². The maximum atomic E-state index is 9.03. The van der Waals surface area contributed by atoms with E-state index in [0.717, 1.165) is 23.4 Å². The minimum atomic E-state index is 0.554. The molecule has 0 saturated carbocycles. The summed E-state index contributed by atoms with van der Waals surface area (Å²) in [6, 6.07) is 17.7. The molecule has 0 atom stereocenters. The number of nitrogens with zero attached hydrogens (tertiary/aromatic N) is 3. The first-order valence-electron chi connectivity index (χ1n) is 8.82. The normalized spacial score (nSPS) is 10.4. The van der Waals surface area contributed by atoms with Crippen molar-refractivity contribution in [2.75, 3.05) is 0 Å². The molecule has 0 aliphatic rings. The van der Waals surface area contributed by atoms with Gasteiger partial charge in [0, 0.05) is 17.5 Å². The Hall–Kier alpha value is -2.84. The Morgan fingerprint density at radius 2 is 1.89 bits per heavy atom. The molecule has 0 fully saturated rings. The zero-order valence-electron chi connectivity index (χ0n) is 15.7. The van der Waals surface area contributed by atoms with Crippen LogP contribution < -0.4 is 4.74 Å². The molecule has 0 spiro atoms. The van der Waals surface area contributed by atoms with Gasteiger partial charge in [-0.2, -0.15) is 10.2 Å². The molecule has 1 heterocycles. The van der Waals surface area contributed by atoms with E-state index >= 15 is 0 Å². The predicted molar refractivity (Wildman–Crippen MR) is 108 cm³/mol. The van der Waals surface area contributed by atoms with Crippen LogP contribution in [0, 0.1) is 25.2 Å². The molecule has 2 aromatic carbocycles. The lowest BCUT2D eigenvalue weighted by Crippen LogP contribution is -1.98. The molecule has 5 heteroatoms. The lowest BCUT2D eigenvalue weighted by atomic mass is 10.1. The third-order valence-electron chi connectivity index (χ3n) is 4.22. The SMILES string of the molecule is CCc1cc(Oc2ccc(C)c(C)c2)nc(SCc2cccc(C#N)c2)n1. The molecule has 3 rings (SSSR count). The molecule has 0 amide bonds. The maximum absolute atomic E-state index is 9.03. The summed E-state index contributed by atoms with van der Waals surface area (Å²) < 4.78 is 5.98. The van der Waals surface area contributed by atoms with Gasteiger partial charge in [0.2, 0.25) is 5.88 Å². The standard InChI is InChI=1S/C22H21N3OS/c1-4-19-12-21(26-20-9-8-15(2)16(3)10-20)25-22(24-19)27-14-18-7-5-6-17(11-18)13-23/h5-12H,4,14H2,1-3H3. The van der Waals surface area contributed by atoms with Crippen molar-refractivity contribution in [3.8, 4) is 17.7 Å². The molecule has 136 valence electrons. The molecular weight excluding hydrogens is 354 g/mol. The lowest BCUT2D eigenvalue weighted by molar-refractivity contribution is 0.453. The molecule has 1 aromatic heterocycles. The van der Waals surface area contributed by atoms with Gasteiger partial charge in [-0.3, -0.25) is 0 Å². The molecule has 0 radical (unpaired) electrons. The highest BCUT2D eigenvalue weighted by atomic mass is 32.2. The van der Waals surface area contributed by atoms with Crippen LogP contribution in [0.1, 0.15) is 34.9 Å². The predicted octanol–water partition coefficient (Wildman–Crippen LogP) is 5.61. The number of ether oxygens (including phenoxy) is 1. The monoisotopic (exact) mass is 375 g/mol. The van der Waals surface area contributed by atoms with Crippen molar-refractivity contribution in [1.82, 2.24) is 9.97 Å². The highest BCUT2D eigenvalue weighted by molar-refractivity contribution is 7.98. The summed E-state index contributed by atoms with van der Waals surface area (Å²) in [5, 5.41) is 9.71. The Bertz CT molecular complexity index is 995. The number of rotatable bonds is 6. The Kier molecular flexibility index (Phi) is 6.10. The van der Waals surface area contributed by atoms with Crippen molar-refractivity contribution in [2.45, 2.75) is 38.1 Å². The number of hydrogen-bond donors (Lipinski definition) is 0. The molecule has 0 aliphatic heterocycles. The first kappa shape index (κ1) is 18.9. The number of hydrogen-bond acceptors (Lipinski definition) is 5. The van der Waals surface area contributed by atoms with E-state index in [1.54, 1.807) is 17.8 Å². The van der Waals surface area contributed by atoms with Crippen LogP contribution in [0.15, 0.2) is 53.7 Å². The largest absolute Gasteiger partial charge is 0.439 e. The smallest absolute Gasteiger partial charge is 0.223 e. The number of nitriles is 1. The average molecular weight is 375 g/mol. The van der Waals surface area contributed by atoms with E-state index in [4.69, 9.17) is 10.00 Å².